The Labute approximate surface area is 121 Å². The third-order valence-corrected chi connectivity index (χ3v) is 4.87. The van der Waals surface area contributed by atoms with Crippen molar-refractivity contribution in [3.63, 3.8) is 0 Å². The zero-order chi connectivity index (χ0) is 14.6. The zero-order valence-corrected chi connectivity index (χ0v) is 12.9. The predicted molar refractivity (Wildman–Crippen MR) is 81.1 cm³/mol. The fourth-order valence-corrected chi connectivity index (χ4v) is 3.35. The Hall–Kier alpha value is -1.07. The summed E-state index contributed by atoms with van der Waals surface area (Å²) in [5.74, 6) is 1.79. The number of hydrogen-bond acceptors (Lipinski definition) is 4. The van der Waals surface area contributed by atoms with E-state index in [0.717, 1.165) is 25.1 Å². The SMILES string of the molecule is COc1ccccc1C1CC(NCCCS(C)(=O)=O)C1. The summed E-state index contributed by atoms with van der Waals surface area (Å²) in [6.45, 7) is 0.774. The Morgan fingerprint density at radius 2 is 2.00 bits per heavy atom. The fourth-order valence-electron chi connectivity index (χ4n) is 2.68. The van der Waals surface area contributed by atoms with E-state index in [9.17, 15) is 8.42 Å². The summed E-state index contributed by atoms with van der Waals surface area (Å²) in [5.41, 5.74) is 1.28. The highest BCUT2D eigenvalue weighted by Gasteiger charge is 2.31. The quantitative estimate of drug-likeness (QED) is 0.782. The second-order valence-corrected chi connectivity index (χ2v) is 7.80. The van der Waals surface area contributed by atoms with Gasteiger partial charge in [0, 0.05) is 12.3 Å². The van der Waals surface area contributed by atoms with Gasteiger partial charge in [-0.3, -0.25) is 0 Å². The lowest BCUT2D eigenvalue weighted by Crippen LogP contribution is -2.40. The molecule has 1 saturated carbocycles. The first-order chi connectivity index (χ1) is 9.49. The summed E-state index contributed by atoms with van der Waals surface area (Å²) >= 11 is 0. The van der Waals surface area contributed by atoms with Crippen molar-refractivity contribution in [3.8, 4) is 5.75 Å². The van der Waals surface area contributed by atoms with E-state index < -0.39 is 9.84 Å². The van der Waals surface area contributed by atoms with Crippen LogP contribution in [-0.2, 0) is 9.84 Å². The molecule has 0 atom stereocenters. The lowest BCUT2D eigenvalue weighted by molar-refractivity contribution is 0.284. The van der Waals surface area contributed by atoms with Gasteiger partial charge in [0.05, 0.1) is 12.9 Å². The van der Waals surface area contributed by atoms with Crippen LogP contribution in [-0.4, -0.2) is 40.1 Å². The Morgan fingerprint density at radius 1 is 1.30 bits per heavy atom. The minimum atomic E-state index is -2.83. The van der Waals surface area contributed by atoms with Crippen LogP contribution < -0.4 is 10.1 Å². The van der Waals surface area contributed by atoms with Gasteiger partial charge in [0.25, 0.3) is 0 Å². The molecule has 0 radical (unpaired) electrons. The molecule has 0 heterocycles. The molecule has 2 rings (SSSR count). The number of sulfone groups is 1. The van der Waals surface area contributed by atoms with Crippen LogP contribution in [0.4, 0.5) is 0 Å². The Bertz CT molecular complexity index is 536. The maximum absolute atomic E-state index is 11.0. The van der Waals surface area contributed by atoms with E-state index >= 15 is 0 Å². The van der Waals surface area contributed by atoms with Crippen molar-refractivity contribution in [1.29, 1.82) is 0 Å². The van der Waals surface area contributed by atoms with Gasteiger partial charge >= 0.3 is 0 Å². The van der Waals surface area contributed by atoms with Crippen LogP contribution in [0, 0.1) is 0 Å². The molecular formula is C15H23NO3S. The van der Waals surface area contributed by atoms with Crippen molar-refractivity contribution in [2.75, 3.05) is 25.7 Å². The molecule has 1 aromatic carbocycles. The van der Waals surface area contributed by atoms with Crippen molar-refractivity contribution < 1.29 is 13.2 Å². The maximum Gasteiger partial charge on any atom is 0.147 e. The summed E-state index contributed by atoms with van der Waals surface area (Å²) in [5, 5.41) is 3.42. The van der Waals surface area contributed by atoms with E-state index in [4.69, 9.17) is 4.74 Å². The van der Waals surface area contributed by atoms with E-state index in [-0.39, 0.29) is 5.75 Å². The molecule has 0 aliphatic heterocycles. The van der Waals surface area contributed by atoms with Crippen LogP contribution in [0.25, 0.3) is 0 Å². The molecule has 1 aromatic rings. The predicted octanol–water partition coefficient (Wildman–Crippen LogP) is 1.97. The molecule has 0 amide bonds. The van der Waals surface area contributed by atoms with Crippen LogP contribution in [0.15, 0.2) is 24.3 Å². The van der Waals surface area contributed by atoms with Gasteiger partial charge in [0.2, 0.25) is 0 Å². The van der Waals surface area contributed by atoms with Crippen molar-refractivity contribution >= 4 is 9.84 Å². The Kier molecular flexibility index (Phi) is 5.05. The number of rotatable bonds is 7. The number of nitrogens with one attached hydrogen (secondary N) is 1. The largest absolute Gasteiger partial charge is 0.496 e. The monoisotopic (exact) mass is 297 g/mol. The van der Waals surface area contributed by atoms with E-state index in [2.05, 4.69) is 11.4 Å². The number of para-hydroxylation sites is 1. The minimum absolute atomic E-state index is 0.267. The van der Waals surface area contributed by atoms with Crippen molar-refractivity contribution in [2.45, 2.75) is 31.2 Å². The third kappa shape index (κ3) is 4.21. The van der Waals surface area contributed by atoms with Crippen molar-refractivity contribution in [3.05, 3.63) is 29.8 Å². The highest BCUT2D eigenvalue weighted by atomic mass is 32.2. The van der Waals surface area contributed by atoms with Crippen LogP contribution in [0.1, 0.15) is 30.7 Å². The highest BCUT2D eigenvalue weighted by molar-refractivity contribution is 7.90. The number of methoxy groups -OCH3 is 1. The molecule has 0 aromatic heterocycles. The number of benzene rings is 1. The van der Waals surface area contributed by atoms with Crippen molar-refractivity contribution in [1.82, 2.24) is 5.32 Å². The van der Waals surface area contributed by atoms with Gasteiger partial charge in [-0.15, -0.1) is 0 Å². The van der Waals surface area contributed by atoms with Gasteiger partial charge in [-0.05, 0) is 43.4 Å². The molecule has 0 saturated heterocycles. The highest BCUT2D eigenvalue weighted by Crippen LogP contribution is 2.40. The van der Waals surface area contributed by atoms with Gasteiger partial charge < -0.3 is 10.1 Å². The Morgan fingerprint density at radius 3 is 2.65 bits per heavy atom. The first kappa shape index (κ1) is 15.3. The second kappa shape index (κ2) is 6.59. The first-order valence-electron chi connectivity index (χ1n) is 7.03. The van der Waals surface area contributed by atoms with Gasteiger partial charge in [0.1, 0.15) is 15.6 Å². The fraction of sp³-hybridized carbons (Fsp3) is 0.600. The summed E-state index contributed by atoms with van der Waals surface area (Å²) in [4.78, 5) is 0. The molecule has 1 fully saturated rings. The normalized spacial score (nSPS) is 22.3. The Balaban J connectivity index is 1.72. The van der Waals surface area contributed by atoms with Gasteiger partial charge in [-0.25, -0.2) is 8.42 Å². The van der Waals surface area contributed by atoms with Gasteiger partial charge in [0.15, 0.2) is 0 Å². The lowest BCUT2D eigenvalue weighted by atomic mass is 9.75. The molecule has 5 heteroatoms. The summed E-state index contributed by atoms with van der Waals surface area (Å²) in [7, 11) is -1.12. The third-order valence-electron chi connectivity index (χ3n) is 3.84. The lowest BCUT2D eigenvalue weighted by Gasteiger charge is -2.37. The molecule has 0 unspecified atom stereocenters. The molecule has 0 bridgehead atoms. The molecule has 112 valence electrons. The van der Waals surface area contributed by atoms with Gasteiger partial charge in [-0.2, -0.15) is 0 Å². The average Bonchev–Trinajstić information content (AvgIpc) is 2.35. The second-order valence-electron chi connectivity index (χ2n) is 5.54. The van der Waals surface area contributed by atoms with Crippen molar-refractivity contribution in [2.24, 2.45) is 0 Å². The van der Waals surface area contributed by atoms with E-state index in [1.54, 1.807) is 7.11 Å². The zero-order valence-electron chi connectivity index (χ0n) is 12.1. The molecule has 1 N–H and O–H groups in total. The molecular weight excluding hydrogens is 274 g/mol. The average molecular weight is 297 g/mol. The van der Waals surface area contributed by atoms with E-state index in [1.807, 2.05) is 18.2 Å². The standard InChI is InChI=1S/C15H23NO3S/c1-19-15-7-4-3-6-14(15)12-10-13(11-12)16-8-5-9-20(2,17)18/h3-4,6-7,12-13,16H,5,8-11H2,1-2H3. The molecule has 1 aliphatic carbocycles. The molecule has 20 heavy (non-hydrogen) atoms. The summed E-state index contributed by atoms with van der Waals surface area (Å²) in [6, 6.07) is 8.67. The van der Waals surface area contributed by atoms with Gasteiger partial charge in [-0.1, -0.05) is 18.2 Å². The maximum atomic E-state index is 11.0. The van der Waals surface area contributed by atoms with E-state index in [0.29, 0.717) is 18.4 Å². The summed E-state index contributed by atoms with van der Waals surface area (Å²) < 4.78 is 27.4. The number of hydrogen-bond donors (Lipinski definition) is 1. The molecule has 1 aliphatic rings. The summed E-state index contributed by atoms with van der Waals surface area (Å²) in [6.07, 6.45) is 4.17. The number of ether oxygens (including phenoxy) is 1. The molecule has 0 spiro atoms. The topological polar surface area (TPSA) is 55.4 Å². The minimum Gasteiger partial charge on any atom is -0.496 e. The van der Waals surface area contributed by atoms with Crippen LogP contribution >= 0.6 is 0 Å². The molecule has 4 nitrogen and oxygen atoms in total. The van der Waals surface area contributed by atoms with Crippen LogP contribution in [0.3, 0.4) is 0 Å². The van der Waals surface area contributed by atoms with Crippen LogP contribution in [0.5, 0.6) is 5.75 Å². The smallest absolute Gasteiger partial charge is 0.147 e. The van der Waals surface area contributed by atoms with E-state index in [1.165, 1.54) is 11.8 Å². The van der Waals surface area contributed by atoms with Crippen LogP contribution in [0.2, 0.25) is 0 Å². The first-order valence-corrected chi connectivity index (χ1v) is 9.09.